The van der Waals surface area contributed by atoms with Crippen molar-refractivity contribution in [3.63, 3.8) is 0 Å². The van der Waals surface area contributed by atoms with Gasteiger partial charge in [0.25, 0.3) is 5.91 Å². The first kappa shape index (κ1) is 13.8. The Morgan fingerprint density at radius 3 is 2.63 bits per heavy atom. The van der Waals surface area contributed by atoms with E-state index in [1.807, 2.05) is 6.92 Å². The predicted octanol–water partition coefficient (Wildman–Crippen LogP) is -0.863. The minimum Gasteiger partial charge on any atom is -0.336 e. The lowest BCUT2D eigenvalue weighted by atomic mass is 10.0. The Kier molecular flexibility index (Phi) is 3.49. The Labute approximate surface area is 112 Å². The molecule has 2 N–H and O–H groups in total. The second-order valence-corrected chi connectivity index (χ2v) is 5.54. The van der Waals surface area contributed by atoms with Crippen LogP contribution in [0.3, 0.4) is 0 Å². The van der Waals surface area contributed by atoms with Gasteiger partial charge in [-0.3, -0.25) is 14.9 Å². The SMILES string of the molecule is CC1CNCCN1C(=O)CN1C(=O)NC(=O)C1(C)C. The van der Waals surface area contributed by atoms with Gasteiger partial charge in [0.05, 0.1) is 0 Å². The van der Waals surface area contributed by atoms with Crippen molar-refractivity contribution in [3.05, 3.63) is 0 Å². The Morgan fingerprint density at radius 1 is 1.42 bits per heavy atom. The van der Waals surface area contributed by atoms with Crippen LogP contribution in [0.2, 0.25) is 0 Å². The number of nitrogens with zero attached hydrogens (tertiary/aromatic N) is 2. The summed E-state index contributed by atoms with van der Waals surface area (Å²) >= 11 is 0. The molecule has 0 radical (unpaired) electrons. The highest BCUT2D eigenvalue weighted by Gasteiger charge is 2.46. The van der Waals surface area contributed by atoms with Crippen molar-refractivity contribution in [1.29, 1.82) is 0 Å². The first-order chi connectivity index (χ1) is 8.84. The third-order valence-electron chi connectivity index (χ3n) is 3.81. The van der Waals surface area contributed by atoms with Crippen molar-refractivity contribution in [2.75, 3.05) is 26.2 Å². The Hall–Kier alpha value is -1.63. The van der Waals surface area contributed by atoms with E-state index in [0.29, 0.717) is 6.54 Å². The molecule has 2 fully saturated rings. The summed E-state index contributed by atoms with van der Waals surface area (Å²) in [6.07, 6.45) is 0. The van der Waals surface area contributed by atoms with Gasteiger partial charge in [-0.1, -0.05) is 0 Å². The van der Waals surface area contributed by atoms with Crippen molar-refractivity contribution in [3.8, 4) is 0 Å². The van der Waals surface area contributed by atoms with Gasteiger partial charge in [0, 0.05) is 25.7 Å². The molecule has 4 amide bonds. The number of amides is 4. The van der Waals surface area contributed by atoms with E-state index in [0.717, 1.165) is 13.1 Å². The van der Waals surface area contributed by atoms with Crippen LogP contribution in [0.25, 0.3) is 0 Å². The molecular weight excluding hydrogens is 248 g/mol. The minimum absolute atomic E-state index is 0.0606. The van der Waals surface area contributed by atoms with Gasteiger partial charge in [-0.25, -0.2) is 4.79 Å². The van der Waals surface area contributed by atoms with Gasteiger partial charge in [-0.15, -0.1) is 0 Å². The average Bonchev–Trinajstić information content (AvgIpc) is 2.52. The van der Waals surface area contributed by atoms with E-state index in [4.69, 9.17) is 0 Å². The average molecular weight is 268 g/mol. The number of hydrogen-bond donors (Lipinski definition) is 2. The summed E-state index contributed by atoms with van der Waals surface area (Å²) < 4.78 is 0. The highest BCUT2D eigenvalue weighted by molar-refractivity contribution is 6.07. The smallest absolute Gasteiger partial charge is 0.325 e. The van der Waals surface area contributed by atoms with Crippen molar-refractivity contribution >= 4 is 17.8 Å². The van der Waals surface area contributed by atoms with E-state index in [9.17, 15) is 14.4 Å². The number of carbonyl (C=O) groups excluding carboxylic acids is 3. The number of nitrogens with one attached hydrogen (secondary N) is 2. The molecule has 2 rings (SSSR count). The van der Waals surface area contributed by atoms with Crippen molar-refractivity contribution in [2.24, 2.45) is 0 Å². The quantitative estimate of drug-likeness (QED) is 0.638. The zero-order valence-corrected chi connectivity index (χ0v) is 11.5. The van der Waals surface area contributed by atoms with Crippen LogP contribution >= 0.6 is 0 Å². The number of piperazine rings is 1. The number of imide groups is 1. The van der Waals surface area contributed by atoms with Gasteiger partial charge in [0.1, 0.15) is 12.1 Å². The van der Waals surface area contributed by atoms with Crippen molar-refractivity contribution in [1.82, 2.24) is 20.4 Å². The summed E-state index contributed by atoms with van der Waals surface area (Å²) in [5, 5.41) is 5.45. The molecule has 1 unspecified atom stereocenters. The molecule has 106 valence electrons. The van der Waals surface area contributed by atoms with Crippen LogP contribution in [0, 0.1) is 0 Å². The molecule has 0 aromatic heterocycles. The number of carbonyl (C=O) groups is 3. The topological polar surface area (TPSA) is 81.8 Å². The van der Waals surface area contributed by atoms with Crippen LogP contribution in [-0.2, 0) is 9.59 Å². The van der Waals surface area contributed by atoms with E-state index >= 15 is 0 Å². The van der Waals surface area contributed by atoms with Gasteiger partial charge in [-0.2, -0.15) is 0 Å². The monoisotopic (exact) mass is 268 g/mol. The van der Waals surface area contributed by atoms with Crippen LogP contribution in [0.1, 0.15) is 20.8 Å². The Morgan fingerprint density at radius 2 is 2.11 bits per heavy atom. The van der Waals surface area contributed by atoms with E-state index in [-0.39, 0.29) is 24.4 Å². The van der Waals surface area contributed by atoms with Crippen molar-refractivity contribution in [2.45, 2.75) is 32.4 Å². The van der Waals surface area contributed by atoms with Gasteiger partial charge in [-0.05, 0) is 20.8 Å². The maximum Gasteiger partial charge on any atom is 0.325 e. The molecule has 0 bridgehead atoms. The summed E-state index contributed by atoms with van der Waals surface area (Å²) in [5.41, 5.74) is -0.968. The maximum absolute atomic E-state index is 12.3. The molecule has 0 aromatic rings. The molecule has 2 aliphatic heterocycles. The van der Waals surface area contributed by atoms with Gasteiger partial charge >= 0.3 is 6.03 Å². The van der Waals surface area contributed by atoms with Crippen LogP contribution in [0.4, 0.5) is 4.79 Å². The van der Waals surface area contributed by atoms with E-state index in [1.54, 1.807) is 18.7 Å². The fraction of sp³-hybridized carbons (Fsp3) is 0.750. The summed E-state index contributed by atoms with van der Waals surface area (Å²) in [6, 6.07) is -0.392. The molecule has 0 aromatic carbocycles. The highest BCUT2D eigenvalue weighted by Crippen LogP contribution is 2.21. The molecule has 2 aliphatic rings. The van der Waals surface area contributed by atoms with Crippen molar-refractivity contribution < 1.29 is 14.4 Å². The molecule has 2 heterocycles. The third-order valence-corrected chi connectivity index (χ3v) is 3.81. The zero-order chi connectivity index (χ0) is 14.2. The van der Waals surface area contributed by atoms with Crippen LogP contribution in [0.5, 0.6) is 0 Å². The molecule has 19 heavy (non-hydrogen) atoms. The summed E-state index contributed by atoms with van der Waals surface area (Å²) in [6.45, 7) is 7.32. The molecule has 0 aliphatic carbocycles. The lowest BCUT2D eigenvalue weighted by molar-refractivity contribution is -0.136. The molecule has 1 atom stereocenters. The highest BCUT2D eigenvalue weighted by atomic mass is 16.2. The molecule has 2 saturated heterocycles. The second-order valence-electron chi connectivity index (χ2n) is 5.54. The third kappa shape index (κ3) is 2.42. The standard InChI is InChI=1S/C12H20N4O3/c1-8-6-13-4-5-15(8)9(17)7-16-11(19)14-10(18)12(16,2)3/h8,13H,4-7H2,1-3H3,(H,14,18,19). The first-order valence-electron chi connectivity index (χ1n) is 6.47. The molecule has 7 nitrogen and oxygen atoms in total. The van der Waals surface area contributed by atoms with Gasteiger partial charge < -0.3 is 15.1 Å². The second kappa shape index (κ2) is 4.80. The van der Waals surface area contributed by atoms with E-state index < -0.39 is 11.6 Å². The van der Waals surface area contributed by atoms with Crippen LogP contribution < -0.4 is 10.6 Å². The summed E-state index contributed by atoms with van der Waals surface area (Å²) in [5.74, 6) is -0.481. The molecule has 7 heteroatoms. The Balaban J connectivity index is 2.06. The van der Waals surface area contributed by atoms with Gasteiger partial charge in [0.2, 0.25) is 5.91 Å². The minimum atomic E-state index is -0.968. The Bertz CT molecular complexity index is 421. The summed E-state index contributed by atoms with van der Waals surface area (Å²) in [4.78, 5) is 38.7. The lowest BCUT2D eigenvalue weighted by Gasteiger charge is -2.36. The fourth-order valence-corrected chi connectivity index (χ4v) is 2.40. The van der Waals surface area contributed by atoms with Crippen LogP contribution in [-0.4, -0.2) is 65.4 Å². The molecule has 0 saturated carbocycles. The largest absolute Gasteiger partial charge is 0.336 e. The normalized spacial score (nSPS) is 26.6. The molecular formula is C12H20N4O3. The zero-order valence-electron chi connectivity index (χ0n) is 11.5. The fourth-order valence-electron chi connectivity index (χ4n) is 2.40. The van der Waals surface area contributed by atoms with Gasteiger partial charge in [0.15, 0.2) is 0 Å². The predicted molar refractivity (Wildman–Crippen MR) is 68.4 cm³/mol. The number of urea groups is 1. The maximum atomic E-state index is 12.3. The first-order valence-corrected chi connectivity index (χ1v) is 6.47. The lowest BCUT2D eigenvalue weighted by Crippen LogP contribution is -2.56. The van der Waals surface area contributed by atoms with Crippen LogP contribution in [0.15, 0.2) is 0 Å². The number of rotatable bonds is 2. The summed E-state index contributed by atoms with van der Waals surface area (Å²) in [7, 11) is 0. The number of hydrogen-bond acceptors (Lipinski definition) is 4. The molecule has 0 spiro atoms. The van der Waals surface area contributed by atoms with E-state index in [1.165, 1.54) is 4.90 Å². The van der Waals surface area contributed by atoms with E-state index in [2.05, 4.69) is 10.6 Å².